The standard InChI is InChI=1S/C13H14FNO5S/c1-2-20-12(16)4-3-7-15-13(17)10-6-5-9(14)8-11(10)21(15,18)19/h5-6,8H,2-4,7H2,1H3. The van der Waals surface area contributed by atoms with Crippen LogP contribution in [-0.4, -0.2) is 37.8 Å². The lowest BCUT2D eigenvalue weighted by atomic mass is 10.2. The highest BCUT2D eigenvalue weighted by molar-refractivity contribution is 7.90. The molecular weight excluding hydrogens is 301 g/mol. The molecule has 1 heterocycles. The number of hydrogen-bond donors (Lipinski definition) is 0. The third-order valence-electron chi connectivity index (χ3n) is 3.02. The SMILES string of the molecule is CCOC(=O)CCCN1C(=O)c2ccc(F)cc2S1(=O)=O. The molecule has 0 fully saturated rings. The Balaban J connectivity index is 2.13. The average Bonchev–Trinajstić information content (AvgIpc) is 2.60. The van der Waals surface area contributed by atoms with Gasteiger partial charge in [0.15, 0.2) is 0 Å². The number of ether oxygens (including phenoxy) is 1. The van der Waals surface area contributed by atoms with Gasteiger partial charge in [-0.05, 0) is 31.5 Å². The van der Waals surface area contributed by atoms with E-state index in [0.717, 1.165) is 18.2 Å². The van der Waals surface area contributed by atoms with Crippen LogP contribution in [0.3, 0.4) is 0 Å². The van der Waals surface area contributed by atoms with Crippen LogP contribution in [0.4, 0.5) is 4.39 Å². The van der Waals surface area contributed by atoms with E-state index in [9.17, 15) is 22.4 Å². The predicted molar refractivity (Wildman–Crippen MR) is 70.5 cm³/mol. The summed E-state index contributed by atoms with van der Waals surface area (Å²) >= 11 is 0. The summed E-state index contributed by atoms with van der Waals surface area (Å²) in [5.41, 5.74) is -0.0486. The monoisotopic (exact) mass is 315 g/mol. The molecule has 0 aromatic heterocycles. The molecule has 0 N–H and O–H groups in total. The van der Waals surface area contributed by atoms with E-state index in [4.69, 9.17) is 4.74 Å². The topological polar surface area (TPSA) is 80.8 Å². The van der Waals surface area contributed by atoms with E-state index in [2.05, 4.69) is 0 Å². The van der Waals surface area contributed by atoms with Gasteiger partial charge in [-0.1, -0.05) is 0 Å². The maximum absolute atomic E-state index is 13.1. The van der Waals surface area contributed by atoms with Crippen molar-refractivity contribution in [3.8, 4) is 0 Å². The zero-order chi connectivity index (χ0) is 15.6. The molecular formula is C13H14FNO5S. The van der Waals surface area contributed by atoms with Crippen LogP contribution in [0.2, 0.25) is 0 Å². The molecule has 1 aromatic rings. The molecule has 0 spiro atoms. The third-order valence-corrected chi connectivity index (χ3v) is 4.84. The van der Waals surface area contributed by atoms with Gasteiger partial charge < -0.3 is 4.74 Å². The highest BCUT2D eigenvalue weighted by Crippen LogP contribution is 2.30. The molecule has 0 atom stereocenters. The van der Waals surface area contributed by atoms with Gasteiger partial charge in [0.25, 0.3) is 15.9 Å². The first-order valence-electron chi connectivity index (χ1n) is 6.40. The first-order chi connectivity index (χ1) is 9.87. The Hall–Kier alpha value is -1.96. The summed E-state index contributed by atoms with van der Waals surface area (Å²) in [5.74, 6) is -1.88. The highest BCUT2D eigenvalue weighted by atomic mass is 32.2. The number of esters is 1. The number of amides is 1. The highest BCUT2D eigenvalue weighted by Gasteiger charge is 2.40. The fourth-order valence-electron chi connectivity index (χ4n) is 2.07. The summed E-state index contributed by atoms with van der Waals surface area (Å²) in [6.07, 6.45) is 0.165. The number of sulfonamides is 1. The molecule has 0 radical (unpaired) electrons. The Labute approximate surface area is 121 Å². The van der Waals surface area contributed by atoms with E-state index in [1.54, 1.807) is 6.92 Å². The first-order valence-corrected chi connectivity index (χ1v) is 7.84. The summed E-state index contributed by atoms with van der Waals surface area (Å²) in [5, 5.41) is 0. The molecule has 1 aliphatic rings. The van der Waals surface area contributed by atoms with Crippen LogP contribution < -0.4 is 0 Å². The number of fused-ring (bicyclic) bond motifs is 1. The van der Waals surface area contributed by atoms with E-state index in [1.165, 1.54) is 0 Å². The number of carbonyl (C=O) groups excluding carboxylic acids is 2. The second kappa shape index (κ2) is 5.80. The average molecular weight is 315 g/mol. The second-order valence-electron chi connectivity index (χ2n) is 4.43. The van der Waals surface area contributed by atoms with Gasteiger partial charge in [-0.2, -0.15) is 0 Å². The van der Waals surface area contributed by atoms with Crippen molar-refractivity contribution in [2.24, 2.45) is 0 Å². The smallest absolute Gasteiger partial charge is 0.305 e. The Morgan fingerprint density at radius 3 is 2.76 bits per heavy atom. The van der Waals surface area contributed by atoms with Crippen molar-refractivity contribution in [1.29, 1.82) is 0 Å². The lowest BCUT2D eigenvalue weighted by molar-refractivity contribution is -0.143. The molecule has 1 aliphatic heterocycles. The van der Waals surface area contributed by atoms with Crippen molar-refractivity contribution in [1.82, 2.24) is 4.31 Å². The Kier molecular flexibility index (Phi) is 4.26. The van der Waals surface area contributed by atoms with Gasteiger partial charge >= 0.3 is 5.97 Å². The maximum atomic E-state index is 13.1. The molecule has 114 valence electrons. The van der Waals surface area contributed by atoms with E-state index in [-0.39, 0.29) is 36.5 Å². The van der Waals surface area contributed by atoms with Crippen LogP contribution in [0.25, 0.3) is 0 Å². The number of halogens is 1. The van der Waals surface area contributed by atoms with Crippen LogP contribution in [0.1, 0.15) is 30.1 Å². The van der Waals surface area contributed by atoms with Crippen LogP contribution in [0.15, 0.2) is 23.1 Å². The molecule has 1 aromatic carbocycles. The van der Waals surface area contributed by atoms with Gasteiger partial charge in [0.1, 0.15) is 10.7 Å². The van der Waals surface area contributed by atoms with E-state index < -0.39 is 27.7 Å². The van der Waals surface area contributed by atoms with Gasteiger partial charge in [0, 0.05) is 13.0 Å². The fraction of sp³-hybridized carbons (Fsp3) is 0.385. The zero-order valence-corrected chi connectivity index (χ0v) is 12.2. The van der Waals surface area contributed by atoms with Crippen molar-refractivity contribution >= 4 is 21.9 Å². The van der Waals surface area contributed by atoms with Gasteiger partial charge in [-0.15, -0.1) is 0 Å². The minimum absolute atomic E-state index is 0.0118. The van der Waals surface area contributed by atoms with Crippen LogP contribution in [0.5, 0.6) is 0 Å². The van der Waals surface area contributed by atoms with E-state index in [0.29, 0.717) is 4.31 Å². The Morgan fingerprint density at radius 2 is 2.10 bits per heavy atom. The molecule has 0 bridgehead atoms. The molecule has 6 nitrogen and oxygen atoms in total. The van der Waals surface area contributed by atoms with Crippen molar-refractivity contribution < 1.29 is 27.1 Å². The van der Waals surface area contributed by atoms with Gasteiger partial charge in [-0.3, -0.25) is 9.59 Å². The van der Waals surface area contributed by atoms with Crippen LogP contribution >= 0.6 is 0 Å². The molecule has 0 unspecified atom stereocenters. The normalized spacial score (nSPS) is 15.9. The minimum atomic E-state index is -4.04. The number of hydrogen-bond acceptors (Lipinski definition) is 5. The first kappa shape index (κ1) is 15.4. The van der Waals surface area contributed by atoms with Gasteiger partial charge in [0.2, 0.25) is 0 Å². The van der Waals surface area contributed by atoms with Crippen molar-refractivity contribution in [2.45, 2.75) is 24.7 Å². The summed E-state index contributed by atoms with van der Waals surface area (Å²) in [7, 11) is -4.04. The van der Waals surface area contributed by atoms with Crippen LogP contribution in [0, 0.1) is 5.82 Å². The molecule has 0 aliphatic carbocycles. The maximum Gasteiger partial charge on any atom is 0.305 e. The van der Waals surface area contributed by atoms with Gasteiger partial charge in [0.05, 0.1) is 12.2 Å². The molecule has 1 amide bonds. The largest absolute Gasteiger partial charge is 0.466 e. The number of benzene rings is 1. The van der Waals surface area contributed by atoms with Gasteiger partial charge in [-0.25, -0.2) is 17.1 Å². The summed E-state index contributed by atoms with van der Waals surface area (Å²) < 4.78 is 42.9. The van der Waals surface area contributed by atoms with E-state index >= 15 is 0 Å². The Morgan fingerprint density at radius 1 is 1.38 bits per heavy atom. The van der Waals surface area contributed by atoms with Crippen molar-refractivity contribution in [3.05, 3.63) is 29.6 Å². The van der Waals surface area contributed by atoms with Crippen molar-refractivity contribution in [3.63, 3.8) is 0 Å². The zero-order valence-electron chi connectivity index (χ0n) is 11.3. The molecule has 2 rings (SSSR count). The Bertz CT molecular complexity index is 686. The third kappa shape index (κ3) is 2.90. The lowest BCUT2D eigenvalue weighted by Gasteiger charge is -2.14. The fourth-order valence-corrected chi connectivity index (χ4v) is 3.69. The quantitative estimate of drug-likeness (QED) is 0.765. The molecule has 8 heteroatoms. The molecule has 0 saturated heterocycles. The molecule has 0 saturated carbocycles. The van der Waals surface area contributed by atoms with Crippen molar-refractivity contribution in [2.75, 3.05) is 13.2 Å². The summed E-state index contributed by atoms with van der Waals surface area (Å²) in [6.45, 7) is 1.76. The minimum Gasteiger partial charge on any atom is -0.466 e. The lowest BCUT2D eigenvalue weighted by Crippen LogP contribution is -2.31. The second-order valence-corrected chi connectivity index (χ2v) is 6.26. The van der Waals surface area contributed by atoms with E-state index in [1.807, 2.05) is 0 Å². The molecule has 21 heavy (non-hydrogen) atoms. The number of nitrogens with zero attached hydrogens (tertiary/aromatic N) is 1. The summed E-state index contributed by atoms with van der Waals surface area (Å²) in [4.78, 5) is 22.9. The number of rotatable bonds is 5. The van der Waals surface area contributed by atoms with Crippen LogP contribution in [-0.2, 0) is 19.6 Å². The number of carbonyl (C=O) groups is 2. The summed E-state index contributed by atoms with van der Waals surface area (Å²) in [6, 6.07) is 3.01. The predicted octanol–water partition coefficient (Wildman–Crippen LogP) is 1.31.